The Bertz CT molecular complexity index is 46.9. The van der Waals surface area contributed by atoms with Crippen molar-refractivity contribution in [3.05, 3.63) is 0 Å². The van der Waals surface area contributed by atoms with Crippen LogP contribution in [0, 0.1) is 0 Å². The van der Waals surface area contributed by atoms with Crippen LogP contribution < -0.4 is 0 Å². The predicted octanol–water partition coefficient (Wildman–Crippen LogP) is -1.72. The van der Waals surface area contributed by atoms with Crippen molar-refractivity contribution in [1.29, 1.82) is 0 Å². The van der Waals surface area contributed by atoms with Crippen molar-refractivity contribution < 1.29 is 0 Å². The molecule has 0 rings (SSSR count). The standard InChI is InChI=1S/2CH.3Sb.H/h2*1H;;;;. The maximum atomic E-state index is 2.38. The van der Waals surface area contributed by atoms with E-state index in [1.807, 2.05) is 22.5 Å². The number of hydrogen-bond acceptors (Lipinski definition) is 0. The quantitative estimate of drug-likeness (QED) is 0.466. The molecule has 3 heteroatoms. The molecule has 0 amide bonds. The van der Waals surface area contributed by atoms with Gasteiger partial charge in [0.05, 0.1) is 0 Å². The fourth-order valence-corrected chi connectivity index (χ4v) is 10.1. The molecule has 5 heavy (non-hydrogen) atoms. The molecule has 0 aliphatic heterocycles. The van der Waals surface area contributed by atoms with E-state index in [1.165, 1.54) is 0 Å². The van der Waals surface area contributed by atoms with E-state index < -0.39 is 0 Å². The minimum absolute atomic E-state index is 0.168. The first-order valence-electron chi connectivity index (χ1n) is 1.06. The molecule has 0 aromatic heterocycles. The summed E-state index contributed by atoms with van der Waals surface area (Å²) < 4.78 is 4.72. The average molecular weight is 392 g/mol. The molecule has 0 spiro atoms. The van der Waals surface area contributed by atoms with Crippen LogP contribution in [0.5, 0.6) is 0 Å². The van der Waals surface area contributed by atoms with Gasteiger partial charge in [0.25, 0.3) is 0 Å². The normalized spacial score (nSPS) is 9.00. The topological polar surface area (TPSA) is 0 Å². The van der Waals surface area contributed by atoms with Crippen molar-refractivity contribution in [3.8, 4) is 0 Å². The summed E-state index contributed by atoms with van der Waals surface area (Å²) >= 11 is 3.62. The Hall–Kier alpha value is 2.19. The molecule has 0 atom stereocenters. The first-order valence-corrected chi connectivity index (χ1v) is 7.13. The van der Waals surface area contributed by atoms with Crippen LogP contribution in [0.3, 0.4) is 0 Å². The van der Waals surface area contributed by atoms with Crippen LogP contribution in [0.4, 0.5) is 0 Å². The Balaban J connectivity index is 2.92. The summed E-state index contributed by atoms with van der Waals surface area (Å²) in [5.41, 5.74) is 0. The van der Waals surface area contributed by atoms with Crippen LogP contribution in [-0.4, -0.2) is 70.5 Å². The summed E-state index contributed by atoms with van der Waals surface area (Å²) in [7, 11) is 0. The summed E-state index contributed by atoms with van der Waals surface area (Å²) in [6.45, 7) is 0. The van der Waals surface area contributed by atoms with Gasteiger partial charge in [0.15, 0.2) is 0 Å². The van der Waals surface area contributed by atoms with Crippen LogP contribution in [-0.2, 0) is 0 Å². The van der Waals surface area contributed by atoms with E-state index >= 15 is 0 Å². The van der Waals surface area contributed by atoms with Gasteiger partial charge < -0.3 is 0 Å². The fourth-order valence-electron chi connectivity index (χ4n) is 0.0333. The zero-order valence-electron chi connectivity index (χ0n) is 2.55. The van der Waals surface area contributed by atoms with E-state index in [4.69, 9.17) is 0 Å². The summed E-state index contributed by atoms with van der Waals surface area (Å²) in [5, 5.41) is 0. The van der Waals surface area contributed by atoms with Crippen molar-refractivity contribution in [1.82, 2.24) is 0 Å². The molecule has 0 bridgehead atoms. The molecule has 0 unspecified atom stereocenters. The fraction of sp³-hybridized carbons (Fsp3) is 0. The Labute approximate surface area is 69.2 Å². The second-order valence-electron chi connectivity index (χ2n) is 0.394. The average Bonchev–Trinajstić information content (AvgIpc) is 1.41. The molecule has 0 aliphatic carbocycles. The van der Waals surface area contributed by atoms with E-state index in [0.29, 0.717) is 0 Å². The second-order valence-corrected chi connectivity index (χ2v) is 12.0. The van der Waals surface area contributed by atoms with Crippen LogP contribution in [0.2, 0.25) is 0 Å². The van der Waals surface area contributed by atoms with Crippen molar-refractivity contribution in [2.45, 2.75) is 0 Å². The third-order valence-corrected chi connectivity index (χ3v) is 6.35. The van der Waals surface area contributed by atoms with Gasteiger partial charge in [-0.15, -0.1) is 0 Å². The van der Waals surface area contributed by atoms with Gasteiger partial charge in [-0.1, -0.05) is 0 Å². The molecular formula is C2H3Sb3. The molecule has 0 fully saturated rings. The molecule has 0 nitrogen and oxygen atoms in total. The summed E-state index contributed by atoms with van der Waals surface area (Å²) in [4.78, 5) is 0. The van der Waals surface area contributed by atoms with Crippen molar-refractivity contribution in [2.24, 2.45) is 0 Å². The Morgan fingerprint density at radius 2 is 2.40 bits per heavy atom. The summed E-state index contributed by atoms with van der Waals surface area (Å²) in [6, 6.07) is 0. The zero-order chi connectivity index (χ0) is 4.12. The minimum atomic E-state index is 0.168. The van der Waals surface area contributed by atoms with Crippen LogP contribution in [0.1, 0.15) is 0 Å². The molecule has 0 saturated carbocycles. The molecule has 0 heterocycles. The number of rotatable bonds is 1. The van der Waals surface area contributed by atoms with Crippen LogP contribution >= 0.6 is 0 Å². The summed E-state index contributed by atoms with van der Waals surface area (Å²) in [5.74, 6) is 0. The van der Waals surface area contributed by atoms with Crippen molar-refractivity contribution in [2.75, 3.05) is 0 Å². The Morgan fingerprint density at radius 3 is 2.40 bits per heavy atom. The van der Waals surface area contributed by atoms with Crippen molar-refractivity contribution >= 4 is 70.5 Å². The van der Waals surface area contributed by atoms with Crippen LogP contribution in [0.15, 0.2) is 0 Å². The van der Waals surface area contributed by atoms with E-state index in [2.05, 4.69) is 3.79 Å². The molecule has 0 saturated heterocycles. The summed E-state index contributed by atoms with van der Waals surface area (Å²) in [6.07, 6.45) is 0. The van der Waals surface area contributed by atoms with E-state index in [0.717, 1.165) is 0 Å². The predicted molar refractivity (Wildman–Crippen MR) is 30.8 cm³/mol. The molecule has 26 valence electrons. The van der Waals surface area contributed by atoms with Gasteiger partial charge in [0.1, 0.15) is 0 Å². The molecular weight excluding hydrogens is 389 g/mol. The molecule has 2 radical (unpaired) electrons. The monoisotopic (exact) mass is 390 g/mol. The van der Waals surface area contributed by atoms with E-state index in [-0.39, 0.29) is 21.1 Å². The van der Waals surface area contributed by atoms with Gasteiger partial charge in [-0.2, -0.15) is 0 Å². The molecule has 0 N–H and O–H groups in total. The maximum absolute atomic E-state index is 2.38. The molecule has 0 aromatic carbocycles. The van der Waals surface area contributed by atoms with Gasteiger partial charge in [0, 0.05) is 0 Å². The van der Waals surface area contributed by atoms with Gasteiger partial charge in [-0.3, -0.25) is 0 Å². The van der Waals surface area contributed by atoms with E-state index in [9.17, 15) is 0 Å². The SMILES string of the molecule is [Sb]=[CH][Sb]=[CH][SbH]. The van der Waals surface area contributed by atoms with Gasteiger partial charge in [-0.05, 0) is 0 Å². The first kappa shape index (κ1) is 7.19. The van der Waals surface area contributed by atoms with Gasteiger partial charge in [-0.25, -0.2) is 0 Å². The van der Waals surface area contributed by atoms with Gasteiger partial charge in [0.2, 0.25) is 0 Å². The third kappa shape index (κ3) is 6.19. The zero-order valence-corrected chi connectivity index (χ0v) is 10.5. The van der Waals surface area contributed by atoms with Crippen molar-refractivity contribution in [3.63, 3.8) is 0 Å². The van der Waals surface area contributed by atoms with Gasteiger partial charge >= 0.3 is 70.5 Å². The first-order chi connectivity index (χ1) is 2.41. The Morgan fingerprint density at radius 1 is 1.80 bits per heavy atom. The second kappa shape index (κ2) is 6.19. The van der Waals surface area contributed by atoms with Crippen LogP contribution in [0.25, 0.3) is 0 Å². The molecule has 0 aromatic rings. The Kier molecular flexibility index (Phi) is 8.91. The van der Waals surface area contributed by atoms with E-state index in [1.54, 1.807) is 23.0 Å². The molecule has 0 aliphatic rings. The number of hydrogen-bond donors (Lipinski definition) is 0. The third-order valence-electron chi connectivity index (χ3n) is 0.141.